The summed E-state index contributed by atoms with van der Waals surface area (Å²) >= 11 is 0. The van der Waals surface area contributed by atoms with E-state index >= 15 is 35.1 Å². The normalized spacial score (nSPS) is 11.8. The van der Waals surface area contributed by atoms with E-state index in [1.54, 1.807) is 4.90 Å². The van der Waals surface area contributed by atoms with Gasteiger partial charge in [0.05, 0.1) is 13.1 Å². The maximum Gasteiger partial charge on any atom is 0.200 e. The molecular formula is C66H80BF20N. The molecule has 88 heavy (non-hydrogen) atoms. The highest BCUT2D eigenvalue weighted by atomic mass is 19.2. The van der Waals surface area contributed by atoms with Crippen molar-refractivity contribution in [1.82, 2.24) is 0 Å². The second kappa shape index (κ2) is 38.4. The van der Waals surface area contributed by atoms with Gasteiger partial charge in [-0.2, -0.15) is 0 Å². The van der Waals surface area contributed by atoms with Crippen molar-refractivity contribution in [3.8, 4) is 0 Å². The van der Waals surface area contributed by atoms with E-state index in [9.17, 15) is 52.7 Å². The summed E-state index contributed by atoms with van der Waals surface area (Å²) in [5.74, 6) is -71.4. The van der Waals surface area contributed by atoms with Gasteiger partial charge in [-0.25, -0.2) is 87.8 Å². The Kier molecular flexibility index (Phi) is 32.8. The number of halogens is 20. The van der Waals surface area contributed by atoms with Crippen LogP contribution in [0, 0.1) is 116 Å². The van der Waals surface area contributed by atoms with Crippen LogP contribution < -0.4 is 26.8 Å². The standard InChI is InChI=1S/C42H79N.C24BF20/c1-3-5-7-9-11-13-15-17-19-21-23-25-27-29-31-36-40-43(42-38-34-33-35-39-42)41-37-32-30-28-26-24-22-20-18-16-14-12-10-8-6-4-2;26-5-1(6(27)14(35)21(42)13(5)34)25(2-7(28)15(36)22(43)16(37)8(2)29,3-9(30)17(38)23(44)18(39)10(3)31)4-11(32)19(40)24(45)20(41)12(4)33/h33-35,38-39H,3-32,36-37,40-41H2,1-2H3;/q;-1/p+1. The summed E-state index contributed by atoms with van der Waals surface area (Å²) in [6.45, 7) is 7.26. The van der Waals surface area contributed by atoms with Crippen LogP contribution in [0.2, 0.25) is 0 Å². The molecule has 1 N–H and O–H groups in total. The quantitative estimate of drug-likeness (QED) is 0.0131. The smallest absolute Gasteiger partial charge is 0.200 e. The van der Waals surface area contributed by atoms with Gasteiger partial charge in [0, 0.05) is 0 Å². The predicted molar refractivity (Wildman–Crippen MR) is 305 cm³/mol. The van der Waals surface area contributed by atoms with Gasteiger partial charge < -0.3 is 4.90 Å². The molecule has 0 unspecified atom stereocenters. The molecule has 0 aliphatic carbocycles. The third-order valence-corrected chi connectivity index (χ3v) is 16.6. The maximum atomic E-state index is 15.4. The number of rotatable bonds is 39. The molecule has 0 fully saturated rings. The molecule has 492 valence electrons. The predicted octanol–water partition coefficient (Wildman–Crippen LogP) is 19.6. The summed E-state index contributed by atoms with van der Waals surface area (Å²) < 4.78 is 294. The first-order chi connectivity index (χ1) is 42.1. The van der Waals surface area contributed by atoms with Crippen LogP contribution in [0.1, 0.15) is 219 Å². The third kappa shape index (κ3) is 19.4. The highest BCUT2D eigenvalue weighted by Crippen LogP contribution is 2.31. The summed E-state index contributed by atoms with van der Waals surface area (Å²) in [5, 5.41) is 0. The van der Waals surface area contributed by atoms with Gasteiger partial charge in [0.15, 0.2) is 69.8 Å². The van der Waals surface area contributed by atoms with E-state index in [4.69, 9.17) is 0 Å². The molecule has 5 rings (SSSR count). The molecule has 0 radical (unpaired) electrons. The molecule has 0 aliphatic heterocycles. The van der Waals surface area contributed by atoms with E-state index in [1.807, 2.05) is 0 Å². The minimum atomic E-state index is -7.22. The molecule has 5 aromatic carbocycles. The van der Waals surface area contributed by atoms with Gasteiger partial charge in [-0.15, -0.1) is 21.9 Å². The summed E-state index contributed by atoms with van der Waals surface area (Å²) in [7, 11) is 0. The van der Waals surface area contributed by atoms with E-state index in [0.29, 0.717) is 0 Å². The van der Waals surface area contributed by atoms with Gasteiger partial charge in [0.2, 0.25) is 0 Å². The lowest BCUT2D eigenvalue weighted by Crippen LogP contribution is -3.07. The molecule has 0 bridgehead atoms. The van der Waals surface area contributed by atoms with Crippen molar-refractivity contribution in [3.05, 3.63) is 147 Å². The fourth-order valence-corrected chi connectivity index (χ4v) is 11.7. The Hall–Kier alpha value is -5.28. The summed E-state index contributed by atoms with van der Waals surface area (Å²) in [5.41, 5.74) is -12.8. The largest absolute Gasteiger partial charge is 0.302 e. The molecule has 0 saturated carbocycles. The van der Waals surface area contributed by atoms with Crippen LogP contribution in [0.5, 0.6) is 0 Å². The monoisotopic (exact) mass is 1280 g/mol. The van der Waals surface area contributed by atoms with Crippen LogP contribution in [0.3, 0.4) is 0 Å². The molecule has 22 heteroatoms. The van der Waals surface area contributed by atoms with Crippen LogP contribution >= 0.6 is 0 Å². The van der Waals surface area contributed by atoms with Crippen molar-refractivity contribution in [2.24, 2.45) is 0 Å². The van der Waals surface area contributed by atoms with Crippen molar-refractivity contribution in [1.29, 1.82) is 0 Å². The Balaban J connectivity index is 0.000000377. The average Bonchev–Trinajstić information content (AvgIpc) is 0.755. The van der Waals surface area contributed by atoms with Gasteiger partial charge in [-0.3, -0.25) is 0 Å². The molecule has 0 aliphatic rings. The van der Waals surface area contributed by atoms with Crippen molar-refractivity contribution < 1.29 is 92.7 Å². The first-order valence-corrected chi connectivity index (χ1v) is 31.2. The van der Waals surface area contributed by atoms with Crippen LogP contribution in [0.15, 0.2) is 30.3 Å². The zero-order valence-electron chi connectivity index (χ0n) is 50.1. The minimum absolute atomic E-state index is 1.32. The molecule has 0 aromatic heterocycles. The molecule has 0 heterocycles. The second-order valence-electron chi connectivity index (χ2n) is 22.9. The van der Waals surface area contributed by atoms with E-state index in [0.717, 1.165) is 0 Å². The van der Waals surface area contributed by atoms with Gasteiger partial charge >= 0.3 is 0 Å². The highest BCUT2D eigenvalue weighted by Gasteiger charge is 2.52. The first-order valence-electron chi connectivity index (χ1n) is 31.2. The van der Waals surface area contributed by atoms with E-state index in [1.165, 1.54) is 224 Å². The van der Waals surface area contributed by atoms with Crippen molar-refractivity contribution in [2.75, 3.05) is 13.1 Å². The molecule has 1 nitrogen and oxygen atoms in total. The van der Waals surface area contributed by atoms with E-state index in [2.05, 4.69) is 44.2 Å². The number of hydrogen-bond acceptors (Lipinski definition) is 0. The van der Waals surface area contributed by atoms with E-state index < -0.39 is 144 Å². The lowest BCUT2D eigenvalue weighted by molar-refractivity contribution is -0.833. The van der Waals surface area contributed by atoms with Crippen LogP contribution in [0.25, 0.3) is 0 Å². The summed E-state index contributed by atoms with van der Waals surface area (Å²) in [4.78, 5) is 1.73. The lowest BCUT2D eigenvalue weighted by atomic mass is 9.12. The van der Waals surface area contributed by atoms with Crippen LogP contribution in [0.4, 0.5) is 93.5 Å². The summed E-state index contributed by atoms with van der Waals surface area (Å²) in [6, 6.07) is 11.3. The van der Waals surface area contributed by atoms with Gasteiger partial charge in [-0.1, -0.05) is 212 Å². The number of nitrogens with one attached hydrogen (secondary N) is 1. The minimum Gasteiger partial charge on any atom is -0.302 e. The highest BCUT2D eigenvalue weighted by molar-refractivity contribution is 7.20. The topological polar surface area (TPSA) is 4.44 Å². The number of quaternary nitrogens is 1. The van der Waals surface area contributed by atoms with Crippen molar-refractivity contribution >= 4 is 33.7 Å². The van der Waals surface area contributed by atoms with Crippen molar-refractivity contribution in [3.63, 3.8) is 0 Å². The second-order valence-corrected chi connectivity index (χ2v) is 22.9. The molecule has 0 amide bonds. The van der Waals surface area contributed by atoms with Crippen molar-refractivity contribution in [2.45, 2.75) is 219 Å². The number of unbranched alkanes of at least 4 members (excludes halogenated alkanes) is 30. The molecule has 0 saturated heterocycles. The Morgan fingerprint density at radius 1 is 0.216 bits per heavy atom. The van der Waals surface area contributed by atoms with Gasteiger partial charge in [0.1, 0.15) is 58.4 Å². The summed E-state index contributed by atoms with van der Waals surface area (Å²) in [6.07, 6.45) is 39.3. The molecule has 5 aromatic rings. The van der Waals surface area contributed by atoms with Crippen LogP contribution in [-0.2, 0) is 0 Å². The Morgan fingerprint density at radius 2 is 0.375 bits per heavy atom. The Labute approximate surface area is 504 Å². The molecular weight excluding hydrogens is 1200 g/mol. The SMILES string of the molecule is CCCCCCCCCCCCCCCCCC[NH+](CCCCCCCCCCCCCCCCCC)c1ccccc1.Fc1c(F)c(F)c([B-](c2c(F)c(F)c(F)c(F)c2F)(c2c(F)c(F)c(F)c(F)c2F)c2c(F)c(F)c(F)c(F)c2F)c(F)c1F. The number of hydrogen-bond donors (Lipinski definition) is 1. The molecule has 0 atom stereocenters. The Morgan fingerprint density at radius 3 is 0.557 bits per heavy atom. The fourth-order valence-electron chi connectivity index (χ4n) is 11.7. The van der Waals surface area contributed by atoms with E-state index in [-0.39, 0.29) is 0 Å². The molecule has 0 spiro atoms. The fraction of sp³-hybridized carbons (Fsp3) is 0.545. The number of para-hydroxylation sites is 1. The number of benzene rings is 5. The Bertz CT molecular complexity index is 2520. The van der Waals surface area contributed by atoms with Crippen LogP contribution in [-0.4, -0.2) is 19.2 Å². The third-order valence-electron chi connectivity index (χ3n) is 16.6. The first kappa shape index (κ1) is 75.2. The maximum absolute atomic E-state index is 15.4. The van der Waals surface area contributed by atoms with Gasteiger partial charge in [-0.05, 0) is 37.8 Å². The average molecular weight is 1280 g/mol. The van der Waals surface area contributed by atoms with Gasteiger partial charge in [0.25, 0.3) is 0 Å². The zero-order chi connectivity index (χ0) is 65.1. The lowest BCUT2D eigenvalue weighted by Gasteiger charge is -2.44. The zero-order valence-corrected chi connectivity index (χ0v) is 50.1.